The number of rotatable bonds is 1. The Morgan fingerprint density at radius 1 is 1.21 bits per heavy atom. The Morgan fingerprint density at radius 2 is 2.00 bits per heavy atom. The molecule has 0 spiro atoms. The Balaban J connectivity index is 2.08. The van der Waals surface area contributed by atoms with Crippen LogP contribution >= 0.6 is 0 Å². The van der Waals surface area contributed by atoms with E-state index < -0.39 is 23.4 Å². The molecule has 1 aliphatic heterocycles. The summed E-state index contributed by atoms with van der Waals surface area (Å²) >= 11 is 0. The molecule has 6 nitrogen and oxygen atoms in total. The normalized spacial score (nSPS) is 17.9. The van der Waals surface area contributed by atoms with Gasteiger partial charge in [0.1, 0.15) is 17.4 Å². The minimum absolute atomic E-state index is 0.0182. The van der Waals surface area contributed by atoms with E-state index in [9.17, 15) is 20.1 Å². The van der Waals surface area contributed by atoms with Gasteiger partial charge < -0.3 is 24.5 Å². The van der Waals surface area contributed by atoms with Crippen LogP contribution < -0.4 is 4.74 Å². The van der Waals surface area contributed by atoms with Crippen LogP contribution in [0.3, 0.4) is 0 Å². The van der Waals surface area contributed by atoms with Crippen molar-refractivity contribution in [2.75, 3.05) is 0 Å². The molecule has 3 N–H and O–H groups in total. The number of phenolic OH excluding ortho intramolecular Hbond substituents is 3. The van der Waals surface area contributed by atoms with E-state index in [0.717, 1.165) is 6.07 Å². The van der Waals surface area contributed by atoms with E-state index in [1.54, 1.807) is 6.07 Å². The number of aromatic hydroxyl groups is 3. The molecule has 3 rings (SSSR count). The van der Waals surface area contributed by atoms with Crippen LogP contribution in [0.15, 0.2) is 29.1 Å². The van der Waals surface area contributed by atoms with Gasteiger partial charge >= 0.3 is 0 Å². The summed E-state index contributed by atoms with van der Waals surface area (Å²) in [5, 5.41) is 28.5. The van der Waals surface area contributed by atoms with Gasteiger partial charge in [-0.2, -0.15) is 0 Å². The number of hydrogen-bond acceptors (Lipinski definition) is 6. The largest absolute Gasteiger partial charge is 0.504 e. The van der Waals surface area contributed by atoms with Crippen LogP contribution in [0.5, 0.6) is 23.0 Å². The predicted octanol–water partition coefficient (Wildman–Crippen LogP) is 2.10. The zero-order valence-corrected chi connectivity index (χ0v) is 9.66. The Kier molecular flexibility index (Phi) is 2.38. The minimum Gasteiger partial charge on any atom is -0.504 e. The van der Waals surface area contributed by atoms with Gasteiger partial charge in [-0.1, -0.05) is 0 Å². The van der Waals surface area contributed by atoms with Gasteiger partial charge in [-0.25, -0.2) is 0 Å². The molecule has 2 heterocycles. The van der Waals surface area contributed by atoms with Crippen LogP contribution in [0.2, 0.25) is 0 Å². The van der Waals surface area contributed by atoms with Crippen molar-refractivity contribution in [3.05, 3.63) is 35.8 Å². The molecule has 98 valence electrons. The van der Waals surface area contributed by atoms with Crippen LogP contribution in [0.25, 0.3) is 0 Å². The van der Waals surface area contributed by atoms with Gasteiger partial charge in [0.05, 0.1) is 18.9 Å². The van der Waals surface area contributed by atoms with Crippen LogP contribution in [0.4, 0.5) is 0 Å². The average molecular weight is 262 g/mol. The first kappa shape index (κ1) is 11.5. The first-order chi connectivity index (χ1) is 9.08. The van der Waals surface area contributed by atoms with Gasteiger partial charge in [-0.3, -0.25) is 4.79 Å². The third-order valence-electron chi connectivity index (χ3n) is 3.05. The first-order valence-corrected chi connectivity index (χ1v) is 5.57. The Morgan fingerprint density at radius 3 is 2.68 bits per heavy atom. The summed E-state index contributed by atoms with van der Waals surface area (Å²) in [6, 6.07) is 2.78. The molecular weight excluding hydrogens is 252 g/mol. The molecule has 1 aromatic heterocycles. The number of carbonyl (C=O) groups is 1. The Labute approximate surface area is 107 Å². The van der Waals surface area contributed by atoms with E-state index in [2.05, 4.69) is 0 Å². The number of ether oxygens (including phenoxy) is 1. The Bertz CT molecular complexity index is 644. The number of fused-ring (bicyclic) bond motifs is 1. The number of furan rings is 1. The van der Waals surface area contributed by atoms with Crippen LogP contribution in [-0.4, -0.2) is 21.1 Å². The number of benzene rings is 1. The maximum absolute atomic E-state index is 12.0. The SMILES string of the molecule is O=C1CC(c2ccoc2)Oc2cc(O)c(O)c(O)c21. The van der Waals surface area contributed by atoms with Crippen LogP contribution in [-0.2, 0) is 0 Å². The summed E-state index contributed by atoms with van der Waals surface area (Å²) in [5.74, 6) is -2.27. The van der Waals surface area contributed by atoms with Gasteiger partial charge in [-0.15, -0.1) is 0 Å². The molecule has 6 heteroatoms. The molecule has 2 aromatic rings. The van der Waals surface area contributed by atoms with Crippen molar-refractivity contribution in [1.82, 2.24) is 0 Å². The zero-order valence-electron chi connectivity index (χ0n) is 9.66. The number of phenols is 3. The lowest BCUT2D eigenvalue weighted by Crippen LogP contribution is -2.20. The number of ketones is 1. The fourth-order valence-corrected chi connectivity index (χ4v) is 2.09. The molecule has 1 aromatic carbocycles. The van der Waals surface area contributed by atoms with E-state index in [1.807, 2.05) is 0 Å². The topological polar surface area (TPSA) is 100 Å². The fourth-order valence-electron chi connectivity index (χ4n) is 2.09. The van der Waals surface area contributed by atoms with E-state index in [4.69, 9.17) is 9.15 Å². The second-order valence-corrected chi connectivity index (χ2v) is 4.26. The molecule has 1 unspecified atom stereocenters. The molecule has 0 bridgehead atoms. The standard InChI is InChI=1S/C13H10O6/c14-7-3-9(6-1-2-18-5-6)19-10-4-8(15)12(16)13(17)11(7)10/h1-2,4-5,9,15-17H,3H2. The summed E-state index contributed by atoms with van der Waals surface area (Å²) in [5.41, 5.74) is 0.570. The highest BCUT2D eigenvalue weighted by Crippen LogP contribution is 2.47. The summed E-state index contributed by atoms with van der Waals surface area (Å²) in [7, 11) is 0. The zero-order chi connectivity index (χ0) is 13.6. The first-order valence-electron chi connectivity index (χ1n) is 5.57. The summed E-state index contributed by atoms with van der Waals surface area (Å²) in [6.07, 6.45) is 2.40. The summed E-state index contributed by atoms with van der Waals surface area (Å²) in [4.78, 5) is 12.0. The molecule has 0 saturated heterocycles. The number of hydrogen-bond donors (Lipinski definition) is 3. The van der Waals surface area contributed by atoms with Crippen LogP contribution in [0.1, 0.15) is 28.4 Å². The van der Waals surface area contributed by atoms with E-state index >= 15 is 0 Å². The second kappa shape index (κ2) is 3.94. The maximum Gasteiger partial charge on any atom is 0.201 e. The lowest BCUT2D eigenvalue weighted by Gasteiger charge is -2.25. The van der Waals surface area contributed by atoms with Gasteiger partial charge in [0.15, 0.2) is 17.3 Å². The number of Topliss-reactive ketones (excluding diaryl/α,β-unsaturated/α-hetero) is 1. The second-order valence-electron chi connectivity index (χ2n) is 4.26. The molecule has 0 aliphatic carbocycles. The highest BCUT2D eigenvalue weighted by molar-refractivity contribution is 6.03. The Hall–Kier alpha value is -2.63. The van der Waals surface area contributed by atoms with Gasteiger partial charge in [-0.05, 0) is 6.07 Å². The molecular formula is C13H10O6. The van der Waals surface area contributed by atoms with Crippen molar-refractivity contribution < 1.29 is 29.3 Å². The van der Waals surface area contributed by atoms with Crippen molar-refractivity contribution in [2.24, 2.45) is 0 Å². The van der Waals surface area contributed by atoms with Gasteiger partial charge in [0.2, 0.25) is 5.75 Å². The van der Waals surface area contributed by atoms with Crippen molar-refractivity contribution in [2.45, 2.75) is 12.5 Å². The third-order valence-corrected chi connectivity index (χ3v) is 3.05. The quantitative estimate of drug-likeness (QED) is 0.680. The molecule has 0 saturated carbocycles. The fraction of sp³-hybridized carbons (Fsp3) is 0.154. The molecule has 0 amide bonds. The number of carbonyl (C=O) groups excluding carboxylic acids is 1. The smallest absolute Gasteiger partial charge is 0.201 e. The maximum atomic E-state index is 12.0. The lowest BCUT2D eigenvalue weighted by molar-refractivity contribution is 0.0842. The van der Waals surface area contributed by atoms with Crippen LogP contribution in [0, 0.1) is 0 Å². The van der Waals surface area contributed by atoms with E-state index in [-0.39, 0.29) is 23.5 Å². The van der Waals surface area contributed by atoms with Crippen molar-refractivity contribution in [3.8, 4) is 23.0 Å². The van der Waals surface area contributed by atoms with E-state index in [0.29, 0.717) is 5.56 Å². The average Bonchev–Trinajstić information content (AvgIpc) is 2.89. The molecule has 19 heavy (non-hydrogen) atoms. The molecule has 0 fully saturated rings. The summed E-state index contributed by atoms with van der Waals surface area (Å²) < 4.78 is 10.5. The van der Waals surface area contributed by atoms with Gasteiger partial charge in [0.25, 0.3) is 0 Å². The highest BCUT2D eigenvalue weighted by atomic mass is 16.5. The van der Waals surface area contributed by atoms with E-state index in [1.165, 1.54) is 12.5 Å². The lowest BCUT2D eigenvalue weighted by atomic mass is 9.96. The summed E-state index contributed by atoms with van der Waals surface area (Å²) in [6.45, 7) is 0. The minimum atomic E-state index is -0.725. The highest BCUT2D eigenvalue weighted by Gasteiger charge is 2.33. The van der Waals surface area contributed by atoms with Gasteiger partial charge in [0, 0.05) is 11.6 Å². The van der Waals surface area contributed by atoms with Crippen molar-refractivity contribution in [1.29, 1.82) is 0 Å². The monoisotopic (exact) mass is 262 g/mol. The molecule has 1 atom stereocenters. The molecule has 0 radical (unpaired) electrons. The van der Waals surface area contributed by atoms with Crippen molar-refractivity contribution in [3.63, 3.8) is 0 Å². The molecule has 1 aliphatic rings. The van der Waals surface area contributed by atoms with Crippen molar-refractivity contribution >= 4 is 5.78 Å². The predicted molar refractivity (Wildman–Crippen MR) is 62.5 cm³/mol. The third kappa shape index (κ3) is 1.69.